The highest BCUT2D eigenvalue weighted by atomic mass is 32.1. The van der Waals surface area contributed by atoms with Gasteiger partial charge in [-0.05, 0) is 63.8 Å². The molecule has 0 aliphatic carbocycles. The Morgan fingerprint density at radius 2 is 1.76 bits per heavy atom. The zero-order valence-corrected chi connectivity index (χ0v) is 21.8. The Kier molecular flexibility index (Phi) is 14.0. The van der Waals surface area contributed by atoms with E-state index in [4.69, 9.17) is 14.2 Å². The molecular weight excluding hydrogens is 456 g/mol. The van der Waals surface area contributed by atoms with Crippen LogP contribution in [0.1, 0.15) is 59.3 Å². The molecule has 8 nitrogen and oxygen atoms in total. The van der Waals surface area contributed by atoms with Crippen LogP contribution < -0.4 is 14.8 Å². The third-order valence-corrected chi connectivity index (χ3v) is 5.72. The maximum Gasteiger partial charge on any atom is 0.317 e. The van der Waals surface area contributed by atoms with Crippen LogP contribution in [0.15, 0.2) is 24.3 Å². The fourth-order valence-electron chi connectivity index (χ4n) is 3.42. The zero-order chi connectivity index (χ0) is 24.1. The van der Waals surface area contributed by atoms with E-state index in [1.54, 1.807) is 29.2 Å². The van der Waals surface area contributed by atoms with Crippen molar-refractivity contribution in [1.29, 1.82) is 0 Å². The van der Waals surface area contributed by atoms with Crippen molar-refractivity contribution in [1.82, 2.24) is 10.2 Å². The van der Waals surface area contributed by atoms with Crippen LogP contribution in [0.3, 0.4) is 0 Å². The summed E-state index contributed by atoms with van der Waals surface area (Å²) in [6, 6.07) is 6.81. The van der Waals surface area contributed by atoms with E-state index < -0.39 is 11.5 Å². The quantitative estimate of drug-likeness (QED) is 0.243. The topological polar surface area (TPSA) is 97.3 Å². The Labute approximate surface area is 210 Å². The maximum absolute atomic E-state index is 12.4. The SMILES string of the molecule is CCCCC(C)(C)C(=O)Oc1ccc(OC[C@@H](O)CCCCNC(=O)N2CCOCC2)cc1.S. The number of rotatable bonds is 13. The van der Waals surface area contributed by atoms with Gasteiger partial charge in [0.15, 0.2) is 0 Å². The van der Waals surface area contributed by atoms with E-state index in [0.29, 0.717) is 50.8 Å². The van der Waals surface area contributed by atoms with Gasteiger partial charge < -0.3 is 29.5 Å². The van der Waals surface area contributed by atoms with Crippen molar-refractivity contribution in [3.8, 4) is 11.5 Å². The van der Waals surface area contributed by atoms with Gasteiger partial charge in [-0.15, -0.1) is 0 Å². The first-order valence-corrected chi connectivity index (χ1v) is 12.1. The van der Waals surface area contributed by atoms with Gasteiger partial charge in [0.25, 0.3) is 0 Å². The Morgan fingerprint density at radius 1 is 1.12 bits per heavy atom. The third-order valence-electron chi connectivity index (χ3n) is 5.72. The molecule has 9 heteroatoms. The number of nitrogens with zero attached hydrogens (tertiary/aromatic N) is 1. The molecule has 1 saturated heterocycles. The van der Waals surface area contributed by atoms with Gasteiger partial charge in [0.05, 0.1) is 24.7 Å². The van der Waals surface area contributed by atoms with Crippen molar-refractivity contribution < 1.29 is 28.9 Å². The standard InChI is InChI=1S/C25H40N2O6.H2S/c1-4-5-13-25(2,3)23(29)33-22-11-9-21(10-12-22)32-19-20(28)8-6-7-14-26-24(30)27-15-17-31-18-16-27;/h9-12,20,28H,4-8,13-19H2,1-3H3,(H,26,30);1H2/t20-;/m0./s1. The number of nitrogens with one attached hydrogen (secondary N) is 1. The number of aliphatic hydroxyl groups is 1. The van der Waals surface area contributed by atoms with E-state index >= 15 is 0 Å². The Balaban J connectivity index is 0.00000578. The number of benzene rings is 1. The number of carbonyl (C=O) groups is 2. The minimum atomic E-state index is -0.586. The molecule has 1 fully saturated rings. The number of morpholine rings is 1. The third kappa shape index (κ3) is 11.0. The van der Waals surface area contributed by atoms with Crippen LogP contribution in [0, 0.1) is 5.41 Å². The van der Waals surface area contributed by atoms with Gasteiger partial charge in [-0.25, -0.2) is 4.79 Å². The summed E-state index contributed by atoms with van der Waals surface area (Å²) in [5.74, 6) is 0.856. The first kappa shape index (κ1) is 30.1. The second-order valence-corrected chi connectivity index (χ2v) is 9.14. The molecule has 1 aromatic rings. The van der Waals surface area contributed by atoms with Crippen LogP contribution in [0.5, 0.6) is 11.5 Å². The molecule has 1 heterocycles. The van der Waals surface area contributed by atoms with Gasteiger partial charge >= 0.3 is 12.0 Å². The molecule has 0 aromatic heterocycles. The summed E-state index contributed by atoms with van der Waals surface area (Å²) in [6.45, 7) is 9.11. The smallest absolute Gasteiger partial charge is 0.317 e. The van der Waals surface area contributed by atoms with Crippen LogP contribution in [0.4, 0.5) is 4.79 Å². The van der Waals surface area contributed by atoms with Gasteiger partial charge in [0, 0.05) is 19.6 Å². The fourth-order valence-corrected chi connectivity index (χ4v) is 3.42. The Hall–Kier alpha value is -1.97. The molecule has 0 spiro atoms. The molecule has 34 heavy (non-hydrogen) atoms. The lowest BCUT2D eigenvalue weighted by Gasteiger charge is -2.26. The predicted molar refractivity (Wildman–Crippen MR) is 137 cm³/mol. The first-order chi connectivity index (χ1) is 15.8. The van der Waals surface area contributed by atoms with Crippen molar-refractivity contribution in [2.45, 2.75) is 65.4 Å². The molecule has 0 radical (unpaired) electrons. The number of ether oxygens (including phenoxy) is 3. The van der Waals surface area contributed by atoms with Crippen molar-refractivity contribution in [2.24, 2.45) is 5.41 Å². The molecule has 0 saturated carbocycles. The molecule has 0 bridgehead atoms. The molecule has 194 valence electrons. The zero-order valence-electron chi connectivity index (χ0n) is 20.8. The normalized spacial score (nSPS) is 14.6. The van der Waals surface area contributed by atoms with E-state index in [2.05, 4.69) is 12.2 Å². The monoisotopic (exact) mass is 498 g/mol. The molecule has 0 unspecified atom stereocenters. The number of aliphatic hydroxyl groups excluding tert-OH is 1. The Morgan fingerprint density at radius 3 is 2.41 bits per heavy atom. The van der Waals surface area contributed by atoms with Gasteiger partial charge in [0.2, 0.25) is 0 Å². The van der Waals surface area contributed by atoms with Crippen LogP contribution in [-0.4, -0.2) is 67.6 Å². The molecule has 2 amide bonds. The van der Waals surface area contributed by atoms with E-state index in [1.165, 1.54) is 0 Å². The highest BCUT2D eigenvalue weighted by molar-refractivity contribution is 7.59. The number of unbranched alkanes of at least 4 members (excludes halogenated alkanes) is 2. The van der Waals surface area contributed by atoms with E-state index in [1.807, 2.05) is 13.8 Å². The number of amides is 2. The predicted octanol–water partition coefficient (Wildman–Crippen LogP) is 3.87. The summed E-state index contributed by atoms with van der Waals surface area (Å²) in [7, 11) is 0. The average molecular weight is 499 g/mol. The first-order valence-electron chi connectivity index (χ1n) is 12.1. The fraction of sp³-hybridized carbons (Fsp3) is 0.680. The summed E-state index contributed by atoms with van der Waals surface area (Å²) < 4.78 is 16.4. The van der Waals surface area contributed by atoms with Crippen LogP contribution in [0.2, 0.25) is 0 Å². The molecule has 1 atom stereocenters. The Bertz CT molecular complexity index is 723. The van der Waals surface area contributed by atoms with Crippen molar-refractivity contribution in [3.05, 3.63) is 24.3 Å². The molecule has 1 aromatic carbocycles. The molecular formula is C25H42N2O6S. The second kappa shape index (κ2) is 15.8. The van der Waals surface area contributed by atoms with E-state index in [9.17, 15) is 14.7 Å². The average Bonchev–Trinajstić information content (AvgIpc) is 2.82. The van der Waals surface area contributed by atoms with Gasteiger partial charge in [-0.1, -0.05) is 19.8 Å². The minimum absolute atomic E-state index is 0. The van der Waals surface area contributed by atoms with E-state index in [-0.39, 0.29) is 32.1 Å². The summed E-state index contributed by atoms with van der Waals surface area (Å²) in [4.78, 5) is 26.1. The van der Waals surface area contributed by atoms with Gasteiger partial charge in [-0.2, -0.15) is 13.5 Å². The van der Waals surface area contributed by atoms with Gasteiger partial charge in [0.1, 0.15) is 18.1 Å². The largest absolute Gasteiger partial charge is 0.491 e. The molecule has 2 N–H and O–H groups in total. The minimum Gasteiger partial charge on any atom is -0.491 e. The summed E-state index contributed by atoms with van der Waals surface area (Å²) in [6.07, 6.45) is 4.41. The lowest BCUT2D eigenvalue weighted by atomic mass is 9.87. The van der Waals surface area contributed by atoms with Crippen LogP contribution >= 0.6 is 13.5 Å². The van der Waals surface area contributed by atoms with Crippen molar-refractivity contribution >= 4 is 25.5 Å². The number of carbonyl (C=O) groups excluding carboxylic acids is 2. The van der Waals surface area contributed by atoms with Crippen LogP contribution in [-0.2, 0) is 9.53 Å². The van der Waals surface area contributed by atoms with Crippen molar-refractivity contribution in [2.75, 3.05) is 39.5 Å². The lowest BCUT2D eigenvalue weighted by molar-refractivity contribution is -0.144. The van der Waals surface area contributed by atoms with Crippen LogP contribution in [0.25, 0.3) is 0 Å². The summed E-state index contributed by atoms with van der Waals surface area (Å²) >= 11 is 0. The number of urea groups is 1. The maximum atomic E-state index is 12.4. The van der Waals surface area contributed by atoms with Crippen molar-refractivity contribution in [3.63, 3.8) is 0 Å². The number of hydrogen-bond donors (Lipinski definition) is 2. The van der Waals surface area contributed by atoms with E-state index in [0.717, 1.165) is 32.1 Å². The molecule has 1 aliphatic rings. The highest BCUT2D eigenvalue weighted by Crippen LogP contribution is 2.27. The molecule has 1 aliphatic heterocycles. The summed E-state index contributed by atoms with van der Waals surface area (Å²) in [5, 5.41) is 13.1. The lowest BCUT2D eigenvalue weighted by Crippen LogP contribution is -2.46. The number of hydrogen-bond acceptors (Lipinski definition) is 6. The molecule has 2 rings (SSSR count). The highest BCUT2D eigenvalue weighted by Gasteiger charge is 2.29. The summed E-state index contributed by atoms with van der Waals surface area (Å²) in [5.41, 5.74) is -0.513. The number of esters is 1. The van der Waals surface area contributed by atoms with Gasteiger partial charge in [-0.3, -0.25) is 4.79 Å². The second-order valence-electron chi connectivity index (χ2n) is 9.14.